The number of hydrogen-bond donors (Lipinski definition) is 1. The molecule has 2 atom stereocenters. The van der Waals surface area contributed by atoms with Gasteiger partial charge in [0.05, 0.1) is 12.7 Å². The average molecular weight is 223 g/mol. The minimum Gasteiger partial charge on any atom is -0.324 e. The van der Waals surface area contributed by atoms with Crippen molar-refractivity contribution in [2.24, 2.45) is 0 Å². The molecule has 2 heterocycles. The van der Waals surface area contributed by atoms with Crippen LogP contribution in [0.25, 0.3) is 0 Å². The molecule has 2 saturated heterocycles. The third-order valence-corrected chi connectivity index (χ3v) is 4.20. The van der Waals surface area contributed by atoms with Crippen LogP contribution in [0.2, 0.25) is 0 Å². The van der Waals surface area contributed by atoms with Crippen LogP contribution in [0.3, 0.4) is 0 Å². The van der Waals surface area contributed by atoms with Gasteiger partial charge in [-0.15, -0.1) is 0 Å². The van der Waals surface area contributed by atoms with Gasteiger partial charge in [-0.25, -0.2) is 0 Å². The Morgan fingerprint density at radius 2 is 2.12 bits per heavy atom. The minimum absolute atomic E-state index is 0.0787. The molecule has 90 valence electrons. The first kappa shape index (κ1) is 10.5. The van der Waals surface area contributed by atoms with Gasteiger partial charge in [0, 0.05) is 25.2 Å². The number of amides is 1. The van der Waals surface area contributed by atoms with Crippen molar-refractivity contribution in [3.63, 3.8) is 0 Å². The number of carbonyl (C=O) groups is 1. The number of rotatable bonds is 3. The van der Waals surface area contributed by atoms with Crippen LogP contribution in [0.1, 0.15) is 32.6 Å². The molecule has 4 heteroatoms. The molecule has 1 N–H and O–H groups in total. The zero-order valence-electron chi connectivity index (χ0n) is 9.98. The van der Waals surface area contributed by atoms with Crippen molar-refractivity contribution in [1.29, 1.82) is 0 Å². The summed E-state index contributed by atoms with van der Waals surface area (Å²) in [7, 11) is 0. The predicted molar refractivity (Wildman–Crippen MR) is 61.9 cm³/mol. The van der Waals surface area contributed by atoms with E-state index >= 15 is 0 Å². The van der Waals surface area contributed by atoms with E-state index in [2.05, 4.69) is 22.0 Å². The molecule has 0 spiro atoms. The summed E-state index contributed by atoms with van der Waals surface area (Å²) in [6.07, 6.45) is 4.82. The molecular formula is C12H21N3O. The van der Waals surface area contributed by atoms with Gasteiger partial charge in [-0.2, -0.15) is 0 Å². The van der Waals surface area contributed by atoms with Gasteiger partial charge in [-0.05, 0) is 25.7 Å². The van der Waals surface area contributed by atoms with Gasteiger partial charge in [0.25, 0.3) is 0 Å². The van der Waals surface area contributed by atoms with Gasteiger partial charge in [-0.1, -0.05) is 6.92 Å². The minimum atomic E-state index is 0.0787. The maximum absolute atomic E-state index is 12.1. The Labute approximate surface area is 97.0 Å². The van der Waals surface area contributed by atoms with E-state index in [1.807, 2.05) is 0 Å². The van der Waals surface area contributed by atoms with E-state index in [-0.39, 0.29) is 6.04 Å². The Bertz CT molecular complexity index is 290. The van der Waals surface area contributed by atoms with Crippen LogP contribution in [0, 0.1) is 0 Å². The van der Waals surface area contributed by atoms with Crippen LogP contribution in [-0.4, -0.2) is 53.6 Å². The summed E-state index contributed by atoms with van der Waals surface area (Å²) in [5, 5.41) is 3.30. The fourth-order valence-corrected chi connectivity index (χ4v) is 3.00. The van der Waals surface area contributed by atoms with Crippen molar-refractivity contribution in [2.45, 2.75) is 50.7 Å². The van der Waals surface area contributed by atoms with Crippen molar-refractivity contribution >= 4 is 5.91 Å². The second kappa shape index (κ2) is 4.00. The summed E-state index contributed by atoms with van der Waals surface area (Å²) in [5.41, 5.74) is 0. The summed E-state index contributed by atoms with van der Waals surface area (Å²) >= 11 is 0. The Morgan fingerprint density at radius 1 is 1.31 bits per heavy atom. The van der Waals surface area contributed by atoms with E-state index in [1.54, 1.807) is 0 Å². The third kappa shape index (κ3) is 1.74. The lowest BCUT2D eigenvalue weighted by Crippen LogP contribution is -2.40. The summed E-state index contributed by atoms with van der Waals surface area (Å²) in [5.74, 6) is 0.324. The normalized spacial score (nSPS) is 36.3. The number of carbonyl (C=O) groups excluding carboxylic acids is 1. The first-order valence-corrected chi connectivity index (χ1v) is 6.57. The topological polar surface area (TPSA) is 35.6 Å². The van der Waals surface area contributed by atoms with Gasteiger partial charge in [0.15, 0.2) is 0 Å². The first-order valence-electron chi connectivity index (χ1n) is 6.57. The number of hydrogen-bond acceptors (Lipinski definition) is 3. The Balaban J connectivity index is 1.59. The highest BCUT2D eigenvalue weighted by molar-refractivity contribution is 5.84. The smallest absolute Gasteiger partial charge is 0.241 e. The van der Waals surface area contributed by atoms with Gasteiger partial charge in [0.1, 0.15) is 0 Å². The van der Waals surface area contributed by atoms with Crippen molar-refractivity contribution in [1.82, 2.24) is 15.1 Å². The van der Waals surface area contributed by atoms with Gasteiger partial charge in [-0.3, -0.25) is 15.0 Å². The lowest BCUT2D eigenvalue weighted by atomic mass is 10.2. The van der Waals surface area contributed by atoms with Gasteiger partial charge >= 0.3 is 0 Å². The van der Waals surface area contributed by atoms with Crippen molar-refractivity contribution in [3.8, 4) is 0 Å². The molecule has 0 aromatic heterocycles. The van der Waals surface area contributed by atoms with Crippen LogP contribution < -0.4 is 5.32 Å². The lowest BCUT2D eigenvalue weighted by Gasteiger charge is -2.23. The quantitative estimate of drug-likeness (QED) is 0.752. The molecule has 0 aromatic carbocycles. The van der Waals surface area contributed by atoms with Crippen molar-refractivity contribution < 1.29 is 4.79 Å². The maximum Gasteiger partial charge on any atom is 0.241 e. The van der Waals surface area contributed by atoms with E-state index < -0.39 is 0 Å². The van der Waals surface area contributed by atoms with E-state index in [4.69, 9.17) is 0 Å². The summed E-state index contributed by atoms with van der Waals surface area (Å²) in [6.45, 7) is 5.13. The first-order chi connectivity index (χ1) is 7.79. The second-order valence-corrected chi connectivity index (χ2v) is 5.30. The molecule has 1 saturated carbocycles. The molecule has 1 aliphatic carbocycles. The molecular weight excluding hydrogens is 202 g/mol. The Morgan fingerprint density at radius 3 is 2.75 bits per heavy atom. The maximum atomic E-state index is 12.1. The molecule has 3 rings (SSSR count). The summed E-state index contributed by atoms with van der Waals surface area (Å²) in [6, 6.07) is 1.39. The van der Waals surface area contributed by atoms with Crippen molar-refractivity contribution in [2.75, 3.05) is 19.8 Å². The zero-order valence-corrected chi connectivity index (χ0v) is 9.98. The summed E-state index contributed by atoms with van der Waals surface area (Å²) < 4.78 is 0. The molecule has 2 aliphatic heterocycles. The fraction of sp³-hybridized carbons (Fsp3) is 0.917. The Kier molecular flexibility index (Phi) is 2.64. The molecule has 3 aliphatic rings. The van der Waals surface area contributed by atoms with E-state index in [9.17, 15) is 4.79 Å². The molecule has 2 unspecified atom stereocenters. The van der Waals surface area contributed by atoms with Crippen LogP contribution in [0.4, 0.5) is 0 Å². The zero-order chi connectivity index (χ0) is 11.1. The summed E-state index contributed by atoms with van der Waals surface area (Å²) in [4.78, 5) is 16.7. The molecule has 0 aromatic rings. The van der Waals surface area contributed by atoms with E-state index in [1.165, 1.54) is 25.8 Å². The van der Waals surface area contributed by atoms with Crippen LogP contribution in [-0.2, 0) is 4.79 Å². The molecule has 16 heavy (non-hydrogen) atoms. The third-order valence-electron chi connectivity index (χ3n) is 4.20. The Hall–Kier alpha value is -0.610. The monoisotopic (exact) mass is 223 g/mol. The molecule has 1 amide bonds. The fourth-order valence-electron chi connectivity index (χ4n) is 3.00. The van der Waals surface area contributed by atoms with E-state index in [0.717, 1.165) is 25.7 Å². The molecule has 3 fully saturated rings. The average Bonchev–Trinajstić information content (AvgIpc) is 2.91. The number of nitrogens with zero attached hydrogens (tertiary/aromatic N) is 2. The highest BCUT2D eigenvalue weighted by Crippen LogP contribution is 2.31. The number of nitrogens with one attached hydrogen (secondary N) is 1. The van der Waals surface area contributed by atoms with Gasteiger partial charge in [0.2, 0.25) is 5.91 Å². The molecule has 4 nitrogen and oxygen atoms in total. The molecule has 0 bridgehead atoms. The second-order valence-electron chi connectivity index (χ2n) is 5.30. The van der Waals surface area contributed by atoms with Crippen LogP contribution in [0.15, 0.2) is 0 Å². The standard InChI is InChI=1S/C12H21N3O/c1-2-11-12(16)15(8-13-11)10-5-6-14(7-10)9-3-4-9/h9-11,13H,2-8H2,1H3. The highest BCUT2D eigenvalue weighted by atomic mass is 16.2. The predicted octanol–water partition coefficient (Wildman–Crippen LogP) is 0.391. The van der Waals surface area contributed by atoms with E-state index in [0.29, 0.717) is 11.9 Å². The molecule has 0 radical (unpaired) electrons. The van der Waals surface area contributed by atoms with Crippen LogP contribution in [0.5, 0.6) is 0 Å². The van der Waals surface area contributed by atoms with Gasteiger partial charge < -0.3 is 4.90 Å². The highest BCUT2D eigenvalue weighted by Gasteiger charge is 2.40. The number of likely N-dealkylation sites (tertiary alicyclic amines) is 1. The SMILES string of the molecule is CCC1NCN(C2CCN(C3CC3)C2)C1=O. The van der Waals surface area contributed by atoms with Crippen molar-refractivity contribution in [3.05, 3.63) is 0 Å². The lowest BCUT2D eigenvalue weighted by molar-refractivity contribution is -0.130. The van der Waals surface area contributed by atoms with Crippen LogP contribution >= 0.6 is 0 Å². The largest absolute Gasteiger partial charge is 0.324 e.